The minimum atomic E-state index is 0.479. The van der Waals surface area contributed by atoms with Crippen LogP contribution in [0.5, 0.6) is 0 Å². The Morgan fingerprint density at radius 3 is 2.16 bits per heavy atom. The number of hydrogen-bond donors (Lipinski definition) is 1. The summed E-state index contributed by atoms with van der Waals surface area (Å²) in [6.45, 7) is 2.28. The van der Waals surface area contributed by atoms with E-state index in [2.05, 4.69) is 18.7 Å². The van der Waals surface area contributed by atoms with Crippen molar-refractivity contribution in [3.8, 4) is 0 Å². The fraction of sp³-hybridized carbons (Fsp3) is 1.00. The monoisotopic (exact) mass is 281 g/mol. The van der Waals surface area contributed by atoms with Crippen molar-refractivity contribution >= 4 is 11.8 Å². The summed E-state index contributed by atoms with van der Waals surface area (Å²) in [5.74, 6) is 5.68. The van der Waals surface area contributed by atoms with Crippen LogP contribution in [0.4, 0.5) is 0 Å². The van der Waals surface area contributed by atoms with Crippen LogP contribution >= 0.6 is 11.8 Å². The van der Waals surface area contributed by atoms with Crippen LogP contribution < -0.4 is 5.73 Å². The van der Waals surface area contributed by atoms with Crippen LogP contribution in [-0.2, 0) is 0 Å². The van der Waals surface area contributed by atoms with Crippen LogP contribution in [0.3, 0.4) is 0 Å². The second kappa shape index (κ2) is 5.97. The summed E-state index contributed by atoms with van der Waals surface area (Å²) in [5.41, 5.74) is 7.23. The van der Waals surface area contributed by atoms with Gasteiger partial charge in [0.1, 0.15) is 0 Å². The van der Waals surface area contributed by atoms with Gasteiger partial charge in [-0.15, -0.1) is 0 Å². The molecule has 4 aliphatic carbocycles. The Bertz CT molecular complexity index is 266. The zero-order chi connectivity index (χ0) is 13.3. The van der Waals surface area contributed by atoms with E-state index in [1.807, 2.05) is 0 Å². The molecule has 19 heavy (non-hydrogen) atoms. The van der Waals surface area contributed by atoms with Crippen molar-refractivity contribution in [2.45, 2.75) is 70.8 Å². The second-order valence-corrected chi connectivity index (χ2v) is 8.82. The second-order valence-electron chi connectivity index (χ2n) is 7.67. The molecule has 0 amide bonds. The summed E-state index contributed by atoms with van der Waals surface area (Å²) in [5, 5.41) is 0. The fourth-order valence-electron chi connectivity index (χ4n) is 5.47. The fourth-order valence-corrected chi connectivity index (χ4v) is 6.66. The Morgan fingerprint density at radius 2 is 1.63 bits per heavy atom. The summed E-state index contributed by atoms with van der Waals surface area (Å²) >= 11 is 2.13. The molecule has 2 N–H and O–H groups in total. The van der Waals surface area contributed by atoms with Crippen molar-refractivity contribution in [3.63, 3.8) is 0 Å². The molecule has 0 aliphatic heterocycles. The Morgan fingerprint density at radius 1 is 1.05 bits per heavy atom. The van der Waals surface area contributed by atoms with Gasteiger partial charge in [-0.25, -0.2) is 0 Å². The highest BCUT2D eigenvalue weighted by molar-refractivity contribution is 7.99. The lowest BCUT2D eigenvalue weighted by molar-refractivity contribution is -0.0629. The molecule has 0 spiro atoms. The molecule has 4 rings (SSSR count). The van der Waals surface area contributed by atoms with Gasteiger partial charge in [0.25, 0.3) is 0 Å². The molecule has 0 aromatic rings. The van der Waals surface area contributed by atoms with Crippen molar-refractivity contribution < 1.29 is 0 Å². The number of hydrogen-bond acceptors (Lipinski definition) is 2. The normalized spacial score (nSPS) is 41.7. The molecule has 0 aromatic heterocycles. The van der Waals surface area contributed by atoms with Crippen LogP contribution in [0.2, 0.25) is 0 Å². The van der Waals surface area contributed by atoms with Crippen LogP contribution in [-0.4, -0.2) is 17.5 Å². The molecule has 4 bridgehead atoms. The van der Waals surface area contributed by atoms with Crippen molar-refractivity contribution in [1.29, 1.82) is 0 Å². The SMILES string of the molecule is CCCCCSCC(N)C12CC3CC(CC(C3)C1)C2. The molecule has 0 saturated heterocycles. The van der Waals surface area contributed by atoms with Gasteiger partial charge in [0.2, 0.25) is 0 Å². The molecule has 4 saturated carbocycles. The summed E-state index contributed by atoms with van der Waals surface area (Å²) in [7, 11) is 0. The minimum Gasteiger partial charge on any atom is -0.326 e. The van der Waals surface area contributed by atoms with Crippen LogP contribution in [0.25, 0.3) is 0 Å². The van der Waals surface area contributed by atoms with E-state index in [9.17, 15) is 0 Å². The van der Waals surface area contributed by atoms with E-state index in [1.54, 1.807) is 0 Å². The highest BCUT2D eigenvalue weighted by Crippen LogP contribution is 2.61. The molecular weight excluding hydrogens is 250 g/mol. The smallest absolute Gasteiger partial charge is 0.0187 e. The molecule has 0 heterocycles. The summed E-state index contributed by atoms with van der Waals surface area (Å²) in [6.07, 6.45) is 13.1. The van der Waals surface area contributed by atoms with Gasteiger partial charge in [0.15, 0.2) is 0 Å². The minimum absolute atomic E-state index is 0.479. The van der Waals surface area contributed by atoms with Crippen molar-refractivity contribution in [1.82, 2.24) is 0 Å². The predicted molar refractivity (Wildman–Crippen MR) is 85.4 cm³/mol. The molecule has 4 fully saturated rings. The average molecular weight is 282 g/mol. The van der Waals surface area contributed by atoms with E-state index < -0.39 is 0 Å². The van der Waals surface area contributed by atoms with Gasteiger partial charge in [-0.2, -0.15) is 11.8 Å². The van der Waals surface area contributed by atoms with E-state index in [4.69, 9.17) is 5.73 Å². The lowest BCUT2D eigenvalue weighted by Crippen LogP contribution is -2.55. The van der Waals surface area contributed by atoms with Crippen molar-refractivity contribution in [2.75, 3.05) is 11.5 Å². The van der Waals surface area contributed by atoms with Crippen LogP contribution in [0, 0.1) is 23.2 Å². The highest BCUT2D eigenvalue weighted by Gasteiger charge is 2.53. The largest absolute Gasteiger partial charge is 0.326 e. The number of rotatable bonds is 7. The third kappa shape index (κ3) is 3.00. The first-order chi connectivity index (χ1) is 9.22. The van der Waals surface area contributed by atoms with Gasteiger partial charge in [-0.05, 0) is 73.9 Å². The van der Waals surface area contributed by atoms with Gasteiger partial charge in [-0.1, -0.05) is 19.8 Å². The Balaban J connectivity index is 1.50. The lowest BCUT2D eigenvalue weighted by Gasteiger charge is -2.59. The Labute approximate surface area is 123 Å². The van der Waals surface area contributed by atoms with Gasteiger partial charge in [0.05, 0.1) is 0 Å². The molecular formula is C17H31NS. The molecule has 2 heteroatoms. The molecule has 110 valence electrons. The van der Waals surface area contributed by atoms with Gasteiger partial charge >= 0.3 is 0 Å². The average Bonchev–Trinajstić information content (AvgIpc) is 2.36. The third-order valence-corrected chi connectivity index (χ3v) is 7.23. The summed E-state index contributed by atoms with van der Waals surface area (Å²) < 4.78 is 0. The maximum Gasteiger partial charge on any atom is 0.0187 e. The Hall–Kier alpha value is 0.310. The number of unbranched alkanes of at least 4 members (excludes halogenated alkanes) is 2. The van der Waals surface area contributed by atoms with Gasteiger partial charge in [-0.3, -0.25) is 0 Å². The number of thioether (sulfide) groups is 1. The third-order valence-electron chi connectivity index (χ3n) is 6.06. The van der Waals surface area contributed by atoms with Crippen molar-refractivity contribution in [3.05, 3.63) is 0 Å². The molecule has 4 aliphatic rings. The summed E-state index contributed by atoms with van der Waals surface area (Å²) in [6, 6.07) is 0.479. The zero-order valence-electron chi connectivity index (χ0n) is 12.6. The van der Waals surface area contributed by atoms with Crippen molar-refractivity contribution in [2.24, 2.45) is 28.9 Å². The number of nitrogens with two attached hydrogens (primary N) is 1. The molecule has 0 radical (unpaired) electrons. The molecule has 1 nitrogen and oxygen atoms in total. The topological polar surface area (TPSA) is 26.0 Å². The van der Waals surface area contributed by atoms with E-state index in [-0.39, 0.29) is 0 Å². The van der Waals surface area contributed by atoms with E-state index >= 15 is 0 Å². The first kappa shape index (κ1) is 14.3. The standard InChI is InChI=1S/C17H31NS/c1-2-3-4-5-19-12-16(18)17-9-13-6-14(10-17)8-15(7-13)11-17/h13-16H,2-12,18H2,1H3. The lowest BCUT2D eigenvalue weighted by atomic mass is 9.48. The first-order valence-electron chi connectivity index (χ1n) is 8.55. The highest BCUT2D eigenvalue weighted by atomic mass is 32.2. The zero-order valence-corrected chi connectivity index (χ0v) is 13.4. The van der Waals surface area contributed by atoms with Crippen LogP contribution in [0.1, 0.15) is 64.7 Å². The maximum absolute atomic E-state index is 6.67. The predicted octanol–water partition coefficient (Wildman–Crippen LogP) is 4.45. The van der Waals surface area contributed by atoms with E-state index in [1.165, 1.54) is 69.3 Å². The van der Waals surface area contributed by atoms with E-state index in [0.29, 0.717) is 11.5 Å². The van der Waals surface area contributed by atoms with E-state index in [0.717, 1.165) is 17.8 Å². The molecule has 1 unspecified atom stereocenters. The van der Waals surface area contributed by atoms with Gasteiger partial charge in [0, 0.05) is 11.8 Å². The molecule has 1 atom stereocenters. The van der Waals surface area contributed by atoms with Crippen LogP contribution in [0.15, 0.2) is 0 Å². The maximum atomic E-state index is 6.67. The molecule has 0 aromatic carbocycles. The first-order valence-corrected chi connectivity index (χ1v) is 9.70. The summed E-state index contributed by atoms with van der Waals surface area (Å²) in [4.78, 5) is 0. The quantitative estimate of drug-likeness (QED) is 0.698. The van der Waals surface area contributed by atoms with Gasteiger partial charge < -0.3 is 5.73 Å². The Kier molecular flexibility index (Phi) is 4.48.